The minimum absolute atomic E-state index is 0.140. The van der Waals surface area contributed by atoms with E-state index >= 15 is 0 Å². The molecule has 2 heterocycles. The second kappa shape index (κ2) is 10.2. The molecule has 3 rings (SSSR count). The van der Waals surface area contributed by atoms with Gasteiger partial charge >= 0.3 is 0 Å². The molecule has 0 saturated carbocycles. The second-order valence-corrected chi connectivity index (χ2v) is 7.47. The molecule has 1 amide bonds. The van der Waals surface area contributed by atoms with Crippen molar-refractivity contribution in [1.82, 2.24) is 30.0 Å². The standard InChI is InChI=1S/C20H30N6O2/c1-24(20(27)10-13-26-16-21-22-23-26)14-17-6-5-11-25(15-17)12-9-18-7-3-4-8-19(18)28-2/h3-4,7-8,16-17H,5-6,9-15H2,1-2H3/t17-/m1/s1. The molecule has 1 aliphatic rings. The molecule has 1 fully saturated rings. The lowest BCUT2D eigenvalue weighted by Gasteiger charge is -2.34. The van der Waals surface area contributed by atoms with Crippen LogP contribution in [0.4, 0.5) is 0 Å². The number of methoxy groups -OCH3 is 1. The number of hydrogen-bond donors (Lipinski definition) is 0. The minimum atomic E-state index is 0.140. The number of nitrogens with zero attached hydrogens (tertiary/aromatic N) is 6. The van der Waals surface area contributed by atoms with Gasteiger partial charge in [0, 0.05) is 33.1 Å². The molecule has 0 radical (unpaired) electrons. The molecule has 28 heavy (non-hydrogen) atoms. The minimum Gasteiger partial charge on any atom is -0.496 e. The normalized spacial score (nSPS) is 17.4. The molecule has 0 unspecified atom stereocenters. The van der Waals surface area contributed by atoms with E-state index in [0.29, 0.717) is 18.9 Å². The van der Waals surface area contributed by atoms with E-state index in [4.69, 9.17) is 4.74 Å². The highest BCUT2D eigenvalue weighted by Gasteiger charge is 2.22. The molecule has 0 N–H and O–H groups in total. The maximum absolute atomic E-state index is 12.4. The maximum atomic E-state index is 12.4. The highest BCUT2D eigenvalue weighted by Crippen LogP contribution is 2.21. The Kier molecular flexibility index (Phi) is 7.36. The van der Waals surface area contributed by atoms with Crippen LogP contribution in [-0.4, -0.2) is 76.3 Å². The zero-order valence-electron chi connectivity index (χ0n) is 16.8. The van der Waals surface area contributed by atoms with Gasteiger partial charge < -0.3 is 14.5 Å². The Labute approximate surface area is 166 Å². The van der Waals surface area contributed by atoms with Crippen molar-refractivity contribution in [3.05, 3.63) is 36.2 Å². The number of aryl methyl sites for hydroxylation is 1. The Morgan fingerprint density at radius 3 is 2.96 bits per heavy atom. The summed E-state index contributed by atoms with van der Waals surface area (Å²) in [6, 6.07) is 8.22. The lowest BCUT2D eigenvalue weighted by atomic mass is 9.97. The Balaban J connectivity index is 1.43. The van der Waals surface area contributed by atoms with Crippen LogP contribution in [0.3, 0.4) is 0 Å². The number of rotatable bonds is 9. The Morgan fingerprint density at radius 1 is 1.32 bits per heavy atom. The van der Waals surface area contributed by atoms with Gasteiger partial charge in [-0.15, -0.1) is 5.10 Å². The zero-order chi connectivity index (χ0) is 19.8. The molecule has 8 heteroatoms. The summed E-state index contributed by atoms with van der Waals surface area (Å²) in [5, 5.41) is 11.0. The average Bonchev–Trinajstić information content (AvgIpc) is 3.24. The lowest BCUT2D eigenvalue weighted by Crippen LogP contribution is -2.42. The molecule has 1 aromatic carbocycles. The van der Waals surface area contributed by atoms with Gasteiger partial charge in [-0.25, -0.2) is 4.68 Å². The second-order valence-electron chi connectivity index (χ2n) is 7.47. The number of carbonyl (C=O) groups is 1. The maximum Gasteiger partial charge on any atom is 0.224 e. The number of piperidine rings is 1. The number of hydrogen-bond acceptors (Lipinski definition) is 6. The van der Waals surface area contributed by atoms with Gasteiger partial charge in [0.25, 0.3) is 0 Å². The molecule has 0 aliphatic carbocycles. The Hall–Kier alpha value is -2.48. The van der Waals surface area contributed by atoms with Crippen LogP contribution < -0.4 is 4.74 Å². The van der Waals surface area contributed by atoms with Gasteiger partial charge in [-0.1, -0.05) is 18.2 Å². The van der Waals surface area contributed by atoms with Crippen LogP contribution in [0, 0.1) is 5.92 Å². The van der Waals surface area contributed by atoms with Gasteiger partial charge in [-0.3, -0.25) is 4.79 Å². The van der Waals surface area contributed by atoms with Crippen molar-refractivity contribution >= 4 is 5.91 Å². The fraction of sp³-hybridized carbons (Fsp3) is 0.600. The molecule has 0 spiro atoms. The van der Waals surface area contributed by atoms with Crippen LogP contribution in [0.2, 0.25) is 0 Å². The predicted molar refractivity (Wildman–Crippen MR) is 106 cm³/mol. The van der Waals surface area contributed by atoms with Crippen molar-refractivity contribution in [1.29, 1.82) is 0 Å². The van der Waals surface area contributed by atoms with Crippen molar-refractivity contribution in [2.24, 2.45) is 5.92 Å². The van der Waals surface area contributed by atoms with Crippen LogP contribution in [0.5, 0.6) is 5.75 Å². The molecule has 8 nitrogen and oxygen atoms in total. The van der Waals surface area contributed by atoms with E-state index in [1.54, 1.807) is 11.8 Å². The van der Waals surface area contributed by atoms with E-state index in [9.17, 15) is 4.79 Å². The quantitative estimate of drug-likeness (QED) is 0.650. The fourth-order valence-electron chi connectivity index (χ4n) is 3.86. The van der Waals surface area contributed by atoms with Crippen molar-refractivity contribution in [3.8, 4) is 5.75 Å². The summed E-state index contributed by atoms with van der Waals surface area (Å²) >= 11 is 0. The van der Waals surface area contributed by atoms with E-state index in [2.05, 4.69) is 32.6 Å². The summed E-state index contributed by atoms with van der Waals surface area (Å²) in [5.74, 6) is 1.62. The Morgan fingerprint density at radius 2 is 2.18 bits per heavy atom. The number of tetrazole rings is 1. The smallest absolute Gasteiger partial charge is 0.224 e. The van der Waals surface area contributed by atoms with Crippen LogP contribution in [0.1, 0.15) is 24.8 Å². The van der Waals surface area contributed by atoms with Gasteiger partial charge in [0.1, 0.15) is 12.1 Å². The summed E-state index contributed by atoms with van der Waals surface area (Å²) in [6.07, 6.45) is 5.30. The van der Waals surface area contributed by atoms with Crippen LogP contribution >= 0.6 is 0 Å². The van der Waals surface area contributed by atoms with Crippen LogP contribution in [0.25, 0.3) is 0 Å². The first-order chi connectivity index (χ1) is 13.7. The first-order valence-corrected chi connectivity index (χ1v) is 9.94. The number of likely N-dealkylation sites (tertiary alicyclic amines) is 1. The van der Waals surface area contributed by atoms with E-state index < -0.39 is 0 Å². The highest BCUT2D eigenvalue weighted by atomic mass is 16.5. The largest absolute Gasteiger partial charge is 0.496 e. The van der Waals surface area contributed by atoms with Crippen LogP contribution in [-0.2, 0) is 17.8 Å². The molecular formula is C20H30N6O2. The monoisotopic (exact) mass is 386 g/mol. The molecule has 1 aromatic heterocycles. The summed E-state index contributed by atoms with van der Waals surface area (Å²) in [6.45, 7) is 4.52. The highest BCUT2D eigenvalue weighted by molar-refractivity contribution is 5.75. The van der Waals surface area contributed by atoms with Gasteiger partial charge in [-0.2, -0.15) is 0 Å². The summed E-state index contributed by atoms with van der Waals surface area (Å²) in [4.78, 5) is 16.8. The molecule has 0 bridgehead atoms. The SMILES string of the molecule is COc1ccccc1CCN1CCC[C@H](CN(C)C(=O)CCn2cnnn2)C1. The first-order valence-electron chi connectivity index (χ1n) is 9.94. The van der Waals surface area contributed by atoms with Gasteiger partial charge in [-0.05, 0) is 53.8 Å². The third kappa shape index (κ3) is 5.76. The van der Waals surface area contributed by atoms with Crippen molar-refractivity contribution in [3.63, 3.8) is 0 Å². The van der Waals surface area contributed by atoms with Crippen LogP contribution in [0.15, 0.2) is 30.6 Å². The number of carbonyl (C=O) groups excluding carboxylic acids is 1. The number of para-hydroxylation sites is 1. The zero-order valence-corrected chi connectivity index (χ0v) is 16.8. The molecule has 1 atom stereocenters. The molecule has 2 aromatic rings. The predicted octanol–water partition coefficient (Wildman–Crippen LogP) is 1.48. The summed E-state index contributed by atoms with van der Waals surface area (Å²) in [7, 11) is 3.62. The Bertz CT molecular complexity index is 736. The van der Waals surface area contributed by atoms with Crippen molar-refractivity contribution in [2.75, 3.05) is 40.3 Å². The van der Waals surface area contributed by atoms with Crippen molar-refractivity contribution < 1.29 is 9.53 Å². The third-order valence-electron chi connectivity index (χ3n) is 5.40. The first kappa shape index (κ1) is 20.3. The van der Waals surface area contributed by atoms with Gasteiger partial charge in [0.2, 0.25) is 5.91 Å². The summed E-state index contributed by atoms with van der Waals surface area (Å²) in [5.41, 5.74) is 1.25. The van der Waals surface area contributed by atoms with E-state index in [-0.39, 0.29) is 5.91 Å². The fourth-order valence-corrected chi connectivity index (χ4v) is 3.86. The van der Waals surface area contributed by atoms with Gasteiger partial charge in [0.05, 0.1) is 13.7 Å². The van der Waals surface area contributed by atoms with Crippen molar-refractivity contribution in [2.45, 2.75) is 32.2 Å². The topological polar surface area (TPSA) is 76.4 Å². The third-order valence-corrected chi connectivity index (χ3v) is 5.40. The molecular weight excluding hydrogens is 356 g/mol. The van der Waals surface area contributed by atoms with E-state index in [1.165, 1.54) is 24.7 Å². The van der Waals surface area contributed by atoms with Gasteiger partial charge in [0.15, 0.2) is 0 Å². The number of aromatic nitrogens is 4. The van der Waals surface area contributed by atoms with E-state index in [0.717, 1.165) is 38.3 Å². The number of amides is 1. The van der Waals surface area contributed by atoms with E-state index in [1.807, 2.05) is 24.1 Å². The number of benzene rings is 1. The molecule has 1 aliphatic heterocycles. The molecule has 152 valence electrons. The summed E-state index contributed by atoms with van der Waals surface area (Å²) < 4.78 is 7.05. The molecule has 1 saturated heterocycles. The number of ether oxygens (including phenoxy) is 1. The average molecular weight is 387 g/mol. The lowest BCUT2D eigenvalue weighted by molar-refractivity contribution is -0.131.